The monoisotopic (exact) mass is 291 g/mol. The van der Waals surface area contributed by atoms with Gasteiger partial charge in [-0.1, -0.05) is 18.2 Å². The van der Waals surface area contributed by atoms with Crippen LogP contribution in [0.3, 0.4) is 0 Å². The van der Waals surface area contributed by atoms with E-state index in [0.717, 1.165) is 30.1 Å². The van der Waals surface area contributed by atoms with E-state index in [4.69, 9.17) is 9.84 Å². The van der Waals surface area contributed by atoms with E-state index in [1.807, 2.05) is 24.3 Å². The molecule has 1 aliphatic heterocycles. The van der Waals surface area contributed by atoms with Crippen molar-refractivity contribution < 1.29 is 4.74 Å². The van der Waals surface area contributed by atoms with Crippen molar-refractivity contribution in [1.82, 2.24) is 14.8 Å². The van der Waals surface area contributed by atoms with Crippen LogP contribution < -0.4 is 4.74 Å². The van der Waals surface area contributed by atoms with Crippen LogP contribution in [0.1, 0.15) is 17.2 Å². The molecule has 1 aliphatic rings. The average molecular weight is 291 g/mol. The summed E-state index contributed by atoms with van der Waals surface area (Å²) in [5.41, 5.74) is 4.47. The number of benzene rings is 1. The van der Waals surface area contributed by atoms with Crippen LogP contribution in [0.25, 0.3) is 11.4 Å². The molecule has 110 valence electrons. The number of ether oxygens (including phenoxy) is 1. The highest BCUT2D eigenvalue weighted by molar-refractivity contribution is 5.54. The summed E-state index contributed by atoms with van der Waals surface area (Å²) in [5, 5.41) is 4.70. The SMILES string of the molecule is COc1cccc(C2Cc3cc(-c4ccccn4)nn3C2)c1. The van der Waals surface area contributed by atoms with Crippen LogP contribution in [0.15, 0.2) is 54.7 Å². The van der Waals surface area contributed by atoms with E-state index in [1.54, 1.807) is 13.3 Å². The van der Waals surface area contributed by atoms with Crippen LogP contribution in [0.5, 0.6) is 5.75 Å². The molecule has 22 heavy (non-hydrogen) atoms. The zero-order valence-electron chi connectivity index (χ0n) is 12.4. The fourth-order valence-electron chi connectivity index (χ4n) is 3.06. The first-order valence-corrected chi connectivity index (χ1v) is 7.45. The maximum Gasteiger partial charge on any atom is 0.119 e. The van der Waals surface area contributed by atoms with E-state index in [1.165, 1.54) is 11.3 Å². The molecule has 1 unspecified atom stereocenters. The van der Waals surface area contributed by atoms with Gasteiger partial charge in [0.25, 0.3) is 0 Å². The van der Waals surface area contributed by atoms with Gasteiger partial charge in [0.05, 0.1) is 12.8 Å². The zero-order valence-corrected chi connectivity index (χ0v) is 12.4. The van der Waals surface area contributed by atoms with Gasteiger partial charge in [0, 0.05) is 24.4 Å². The highest BCUT2D eigenvalue weighted by Gasteiger charge is 2.25. The Labute approximate surface area is 129 Å². The van der Waals surface area contributed by atoms with Gasteiger partial charge in [-0.2, -0.15) is 5.10 Å². The summed E-state index contributed by atoms with van der Waals surface area (Å²) < 4.78 is 7.42. The molecule has 1 aromatic carbocycles. The Hall–Kier alpha value is -2.62. The van der Waals surface area contributed by atoms with Gasteiger partial charge in [-0.25, -0.2) is 0 Å². The molecule has 0 N–H and O–H groups in total. The third-order valence-corrected chi connectivity index (χ3v) is 4.20. The fraction of sp³-hybridized carbons (Fsp3) is 0.222. The first-order chi connectivity index (χ1) is 10.8. The van der Waals surface area contributed by atoms with E-state index in [2.05, 4.69) is 33.9 Å². The summed E-state index contributed by atoms with van der Waals surface area (Å²) in [7, 11) is 1.71. The zero-order chi connectivity index (χ0) is 14.9. The second-order valence-electron chi connectivity index (χ2n) is 5.60. The molecule has 0 saturated heterocycles. The Morgan fingerprint density at radius 3 is 2.82 bits per heavy atom. The quantitative estimate of drug-likeness (QED) is 0.743. The van der Waals surface area contributed by atoms with Gasteiger partial charge >= 0.3 is 0 Å². The first kappa shape index (κ1) is 13.1. The molecule has 0 saturated carbocycles. The molecule has 1 atom stereocenters. The molecule has 3 heterocycles. The number of nitrogens with zero attached hydrogens (tertiary/aromatic N) is 3. The smallest absolute Gasteiger partial charge is 0.119 e. The second-order valence-corrected chi connectivity index (χ2v) is 5.60. The van der Waals surface area contributed by atoms with Crippen molar-refractivity contribution in [2.45, 2.75) is 18.9 Å². The number of hydrogen-bond donors (Lipinski definition) is 0. The molecular weight excluding hydrogens is 274 g/mol. The topological polar surface area (TPSA) is 39.9 Å². The minimum absolute atomic E-state index is 0.468. The summed E-state index contributed by atoms with van der Waals surface area (Å²) in [5.74, 6) is 1.38. The van der Waals surface area contributed by atoms with Gasteiger partial charge in [-0.15, -0.1) is 0 Å². The maximum absolute atomic E-state index is 5.32. The van der Waals surface area contributed by atoms with Crippen LogP contribution in [0.4, 0.5) is 0 Å². The molecule has 2 aromatic heterocycles. The number of fused-ring (bicyclic) bond motifs is 1. The van der Waals surface area contributed by atoms with Gasteiger partial charge in [-0.05, 0) is 42.3 Å². The molecule has 0 radical (unpaired) electrons. The van der Waals surface area contributed by atoms with Crippen LogP contribution in [-0.4, -0.2) is 21.9 Å². The molecule has 0 fully saturated rings. The molecule has 4 heteroatoms. The van der Waals surface area contributed by atoms with Gasteiger partial charge in [0.1, 0.15) is 11.4 Å². The van der Waals surface area contributed by atoms with Crippen molar-refractivity contribution in [3.63, 3.8) is 0 Å². The lowest BCUT2D eigenvalue weighted by molar-refractivity contribution is 0.413. The fourth-order valence-corrected chi connectivity index (χ4v) is 3.06. The number of aromatic nitrogens is 3. The van der Waals surface area contributed by atoms with Crippen molar-refractivity contribution >= 4 is 0 Å². The van der Waals surface area contributed by atoms with Gasteiger partial charge < -0.3 is 4.74 Å². The summed E-state index contributed by atoms with van der Waals surface area (Å²) in [6, 6.07) is 16.4. The van der Waals surface area contributed by atoms with Gasteiger partial charge in [-0.3, -0.25) is 9.67 Å². The van der Waals surface area contributed by atoms with Crippen LogP contribution in [0, 0.1) is 0 Å². The first-order valence-electron chi connectivity index (χ1n) is 7.45. The molecule has 3 aromatic rings. The molecule has 0 aliphatic carbocycles. The number of rotatable bonds is 3. The number of methoxy groups -OCH3 is 1. The average Bonchev–Trinajstić information content (AvgIpc) is 3.14. The molecule has 0 spiro atoms. The normalized spacial score (nSPS) is 16.5. The van der Waals surface area contributed by atoms with Gasteiger partial charge in [0.2, 0.25) is 0 Å². The minimum Gasteiger partial charge on any atom is -0.497 e. The van der Waals surface area contributed by atoms with Crippen molar-refractivity contribution in [3.8, 4) is 17.1 Å². The second kappa shape index (κ2) is 5.30. The minimum atomic E-state index is 0.468. The van der Waals surface area contributed by atoms with Crippen LogP contribution in [0.2, 0.25) is 0 Å². The van der Waals surface area contributed by atoms with E-state index in [9.17, 15) is 0 Å². The lowest BCUT2D eigenvalue weighted by Crippen LogP contribution is -2.03. The summed E-state index contributed by atoms with van der Waals surface area (Å²) in [6.45, 7) is 0.912. The largest absolute Gasteiger partial charge is 0.497 e. The standard InChI is InChI=1S/C18H17N3O/c1-22-16-6-4-5-13(10-16)14-9-15-11-18(20-21(15)12-14)17-7-2-3-8-19-17/h2-8,10-11,14H,9,12H2,1H3. The maximum atomic E-state index is 5.32. The van der Waals surface area contributed by atoms with Crippen LogP contribution in [-0.2, 0) is 13.0 Å². The Morgan fingerprint density at radius 2 is 2.05 bits per heavy atom. The highest BCUT2D eigenvalue weighted by Crippen LogP contribution is 2.32. The third kappa shape index (κ3) is 2.26. The molecular formula is C18H17N3O. The lowest BCUT2D eigenvalue weighted by Gasteiger charge is -2.10. The number of pyridine rings is 1. The molecule has 0 amide bonds. The van der Waals surface area contributed by atoms with Crippen molar-refractivity contribution in [2.75, 3.05) is 7.11 Å². The molecule has 4 nitrogen and oxygen atoms in total. The molecule has 0 bridgehead atoms. The Bertz CT molecular complexity index is 772. The predicted molar refractivity (Wildman–Crippen MR) is 84.9 cm³/mol. The van der Waals surface area contributed by atoms with Gasteiger partial charge in [0.15, 0.2) is 0 Å². The Morgan fingerprint density at radius 1 is 1.09 bits per heavy atom. The third-order valence-electron chi connectivity index (χ3n) is 4.20. The molecule has 4 rings (SSSR count). The highest BCUT2D eigenvalue weighted by atomic mass is 16.5. The number of hydrogen-bond acceptors (Lipinski definition) is 3. The Kier molecular flexibility index (Phi) is 3.15. The lowest BCUT2D eigenvalue weighted by atomic mass is 9.96. The Balaban J connectivity index is 1.58. The van der Waals surface area contributed by atoms with E-state index in [-0.39, 0.29) is 0 Å². The summed E-state index contributed by atoms with van der Waals surface area (Å²) in [4.78, 5) is 4.37. The summed E-state index contributed by atoms with van der Waals surface area (Å²) in [6.07, 6.45) is 2.81. The van der Waals surface area contributed by atoms with Crippen molar-refractivity contribution in [2.24, 2.45) is 0 Å². The van der Waals surface area contributed by atoms with Crippen molar-refractivity contribution in [1.29, 1.82) is 0 Å². The van der Waals surface area contributed by atoms with Crippen molar-refractivity contribution in [3.05, 3.63) is 66.0 Å². The van der Waals surface area contributed by atoms with E-state index in [0.29, 0.717) is 5.92 Å². The van der Waals surface area contributed by atoms with E-state index >= 15 is 0 Å². The summed E-state index contributed by atoms with van der Waals surface area (Å²) >= 11 is 0. The van der Waals surface area contributed by atoms with Crippen LogP contribution >= 0.6 is 0 Å². The van der Waals surface area contributed by atoms with E-state index < -0.39 is 0 Å². The predicted octanol–water partition coefficient (Wildman–Crippen LogP) is 3.29.